The molecular formula is C32H34N4O3. The fourth-order valence-electron chi connectivity index (χ4n) is 4.37. The lowest BCUT2D eigenvalue weighted by Gasteiger charge is -2.08. The van der Waals surface area contributed by atoms with Gasteiger partial charge >= 0.3 is 5.97 Å². The average Bonchev–Trinajstić information content (AvgIpc) is 3.40. The monoisotopic (exact) mass is 522 g/mol. The third-order valence-electron chi connectivity index (χ3n) is 6.55. The summed E-state index contributed by atoms with van der Waals surface area (Å²) in [7, 11) is 1.43. The number of pyridine rings is 1. The van der Waals surface area contributed by atoms with E-state index < -0.39 is 0 Å². The van der Waals surface area contributed by atoms with Crippen molar-refractivity contribution in [1.29, 1.82) is 0 Å². The van der Waals surface area contributed by atoms with Crippen LogP contribution < -0.4 is 5.32 Å². The number of fused-ring (bicyclic) bond motifs is 1. The Morgan fingerprint density at radius 3 is 2.51 bits per heavy atom. The van der Waals surface area contributed by atoms with Gasteiger partial charge in [0.25, 0.3) is 5.91 Å². The molecule has 3 aromatic heterocycles. The number of carbonyl (C=O) groups is 2. The molecule has 4 rings (SSSR count). The minimum atomic E-state index is -0.211. The van der Waals surface area contributed by atoms with Gasteiger partial charge in [-0.15, -0.1) is 0 Å². The Bertz CT molecular complexity index is 1460. The molecule has 0 aliphatic heterocycles. The molecule has 0 fully saturated rings. The lowest BCUT2D eigenvalue weighted by molar-refractivity contribution is -0.140. The van der Waals surface area contributed by atoms with Crippen molar-refractivity contribution < 1.29 is 14.3 Å². The first-order chi connectivity index (χ1) is 19.0. The van der Waals surface area contributed by atoms with Crippen LogP contribution in [0.15, 0.2) is 67.1 Å². The second-order valence-corrected chi connectivity index (χ2v) is 9.48. The van der Waals surface area contributed by atoms with Gasteiger partial charge in [-0.3, -0.25) is 14.6 Å². The number of hydrogen-bond donors (Lipinski definition) is 1. The van der Waals surface area contributed by atoms with Gasteiger partial charge in [0.2, 0.25) is 0 Å². The first kappa shape index (κ1) is 27.6. The summed E-state index contributed by atoms with van der Waals surface area (Å²) in [5.74, 6) is 6.10. The van der Waals surface area contributed by atoms with Crippen LogP contribution in [0.4, 0.5) is 5.69 Å². The zero-order valence-electron chi connectivity index (χ0n) is 22.6. The molecule has 0 aliphatic carbocycles. The number of amides is 1. The Morgan fingerprint density at radius 1 is 1.00 bits per heavy atom. The van der Waals surface area contributed by atoms with Crippen molar-refractivity contribution in [3.63, 3.8) is 0 Å². The second-order valence-electron chi connectivity index (χ2n) is 9.48. The third-order valence-corrected chi connectivity index (χ3v) is 6.55. The van der Waals surface area contributed by atoms with Gasteiger partial charge in [-0.25, -0.2) is 4.98 Å². The van der Waals surface area contributed by atoms with Crippen molar-refractivity contribution in [2.45, 2.75) is 58.3 Å². The number of hydrogen-bond acceptors (Lipinski definition) is 5. The summed E-state index contributed by atoms with van der Waals surface area (Å²) in [6.07, 6.45) is 13.2. The van der Waals surface area contributed by atoms with Crippen LogP contribution in [0.1, 0.15) is 73.0 Å². The van der Waals surface area contributed by atoms with Gasteiger partial charge < -0.3 is 14.5 Å². The van der Waals surface area contributed by atoms with Crippen LogP contribution in [0.3, 0.4) is 0 Å². The number of aryl methyl sites for hydroxylation is 1. The van der Waals surface area contributed by atoms with Crippen LogP contribution in [0.5, 0.6) is 0 Å². The lowest BCUT2D eigenvalue weighted by atomic mass is 10.1. The molecule has 0 spiro atoms. The molecule has 3 heterocycles. The molecule has 4 aromatic rings. The maximum Gasteiger partial charge on any atom is 0.305 e. The minimum Gasteiger partial charge on any atom is -0.469 e. The van der Waals surface area contributed by atoms with Crippen molar-refractivity contribution in [2.24, 2.45) is 0 Å². The molecule has 0 saturated carbocycles. The van der Waals surface area contributed by atoms with E-state index in [4.69, 9.17) is 4.98 Å². The van der Waals surface area contributed by atoms with E-state index in [0.717, 1.165) is 67.5 Å². The van der Waals surface area contributed by atoms with Gasteiger partial charge in [0.05, 0.1) is 18.4 Å². The minimum absolute atomic E-state index is 0.126. The number of anilines is 1. The van der Waals surface area contributed by atoms with Crippen LogP contribution in [0.2, 0.25) is 0 Å². The van der Waals surface area contributed by atoms with E-state index in [2.05, 4.69) is 26.9 Å². The number of rotatable bonds is 11. The molecule has 0 saturated heterocycles. The first-order valence-electron chi connectivity index (χ1n) is 13.4. The van der Waals surface area contributed by atoms with E-state index in [9.17, 15) is 9.59 Å². The maximum absolute atomic E-state index is 13.1. The summed E-state index contributed by atoms with van der Waals surface area (Å²) >= 11 is 0. The predicted molar refractivity (Wildman–Crippen MR) is 153 cm³/mol. The second kappa shape index (κ2) is 13.9. The molecule has 0 aliphatic rings. The summed E-state index contributed by atoms with van der Waals surface area (Å²) < 4.78 is 6.57. The lowest BCUT2D eigenvalue weighted by Crippen LogP contribution is -2.12. The highest BCUT2D eigenvalue weighted by molar-refractivity contribution is 6.08. The fraction of sp³-hybridized carbons (Fsp3) is 0.312. The molecule has 1 aromatic carbocycles. The Morgan fingerprint density at radius 2 is 1.77 bits per heavy atom. The Hall–Kier alpha value is -4.44. The van der Waals surface area contributed by atoms with Crippen molar-refractivity contribution >= 4 is 23.2 Å². The summed E-state index contributed by atoms with van der Waals surface area (Å²) in [5.41, 5.74) is 5.41. The number of ether oxygens (including phenoxy) is 1. The molecule has 1 N–H and O–H groups in total. The first-order valence-corrected chi connectivity index (χ1v) is 13.4. The Kier molecular flexibility index (Phi) is 9.85. The van der Waals surface area contributed by atoms with Crippen LogP contribution in [-0.4, -0.2) is 33.4 Å². The van der Waals surface area contributed by atoms with E-state index >= 15 is 0 Å². The van der Waals surface area contributed by atoms with Crippen LogP contribution in [-0.2, 0) is 9.53 Å². The number of carbonyl (C=O) groups excluding carboxylic acids is 2. The quantitative estimate of drug-likeness (QED) is 0.136. The van der Waals surface area contributed by atoms with Crippen molar-refractivity contribution in [3.8, 4) is 23.1 Å². The number of benzene rings is 1. The zero-order valence-corrected chi connectivity index (χ0v) is 22.6. The molecule has 0 unspecified atom stereocenters. The van der Waals surface area contributed by atoms with Crippen molar-refractivity contribution in [2.75, 3.05) is 12.4 Å². The Labute approximate surface area is 229 Å². The van der Waals surface area contributed by atoms with E-state index in [1.54, 1.807) is 18.5 Å². The van der Waals surface area contributed by atoms with E-state index in [1.165, 1.54) is 7.11 Å². The average molecular weight is 523 g/mol. The van der Waals surface area contributed by atoms with E-state index in [-0.39, 0.29) is 11.9 Å². The molecule has 7 nitrogen and oxygen atoms in total. The van der Waals surface area contributed by atoms with E-state index in [0.29, 0.717) is 23.3 Å². The van der Waals surface area contributed by atoms with Gasteiger partial charge in [-0.05, 0) is 68.3 Å². The third kappa shape index (κ3) is 7.78. The van der Waals surface area contributed by atoms with Crippen LogP contribution in [0.25, 0.3) is 16.9 Å². The van der Waals surface area contributed by atoms with Gasteiger partial charge in [-0.1, -0.05) is 37.5 Å². The molecule has 39 heavy (non-hydrogen) atoms. The molecule has 0 atom stereocenters. The number of nitrogens with zero attached hydrogens (tertiary/aromatic N) is 3. The van der Waals surface area contributed by atoms with Gasteiger partial charge in [0.15, 0.2) is 0 Å². The highest BCUT2D eigenvalue weighted by Gasteiger charge is 2.15. The van der Waals surface area contributed by atoms with Gasteiger partial charge in [0, 0.05) is 53.9 Å². The SMILES string of the molecule is COC(=O)CCCCCCCCC#Cc1ccc(NC(=O)c2ccn3c(C)cc(-c4cccnc4)nc23)cc1. The van der Waals surface area contributed by atoms with Crippen molar-refractivity contribution in [1.82, 2.24) is 14.4 Å². The number of esters is 1. The standard InChI is InChI=1S/C32H34N4O3/c1-24-22-29(26-13-11-20-33-23-26)35-31-28(19-21-36(24)31)32(38)34-27-17-15-25(16-18-27)12-9-7-5-3-4-6-8-10-14-30(37)39-2/h11,13,15-23H,3-8,10,14H2,1-2H3,(H,34,38). The van der Waals surface area contributed by atoms with Gasteiger partial charge in [0.1, 0.15) is 5.65 Å². The topological polar surface area (TPSA) is 85.6 Å². The van der Waals surface area contributed by atoms with Gasteiger partial charge in [-0.2, -0.15) is 0 Å². The molecule has 0 radical (unpaired) electrons. The molecule has 7 heteroatoms. The van der Waals surface area contributed by atoms with Crippen LogP contribution >= 0.6 is 0 Å². The normalized spacial score (nSPS) is 10.6. The summed E-state index contributed by atoms with van der Waals surface area (Å²) in [5, 5.41) is 2.98. The summed E-state index contributed by atoms with van der Waals surface area (Å²) in [4.78, 5) is 33.1. The fourth-order valence-corrected chi connectivity index (χ4v) is 4.37. The van der Waals surface area contributed by atoms with E-state index in [1.807, 2.05) is 60.0 Å². The Balaban J connectivity index is 1.27. The van der Waals surface area contributed by atoms with Crippen LogP contribution in [0, 0.1) is 18.8 Å². The highest BCUT2D eigenvalue weighted by atomic mass is 16.5. The maximum atomic E-state index is 13.1. The molecule has 1 amide bonds. The predicted octanol–water partition coefficient (Wildman–Crippen LogP) is 6.60. The number of unbranched alkanes of at least 4 members (excludes halogenated alkanes) is 6. The largest absolute Gasteiger partial charge is 0.469 e. The van der Waals surface area contributed by atoms with Crippen molar-refractivity contribution in [3.05, 3.63) is 83.9 Å². The molecule has 200 valence electrons. The summed E-state index contributed by atoms with van der Waals surface area (Å²) in [6, 6.07) is 15.2. The molecular weight excluding hydrogens is 488 g/mol. The highest BCUT2D eigenvalue weighted by Crippen LogP contribution is 2.22. The number of aromatic nitrogens is 3. The summed E-state index contributed by atoms with van der Waals surface area (Å²) in [6.45, 7) is 1.99. The number of nitrogens with one attached hydrogen (secondary N) is 1. The molecule has 0 bridgehead atoms. The number of methoxy groups -OCH3 is 1. The smallest absolute Gasteiger partial charge is 0.305 e. The zero-order chi connectivity index (χ0) is 27.5.